The summed E-state index contributed by atoms with van der Waals surface area (Å²) >= 11 is 0. The lowest BCUT2D eigenvalue weighted by atomic mass is 10.1. The molecule has 5 nitrogen and oxygen atoms in total. The summed E-state index contributed by atoms with van der Waals surface area (Å²) in [5.74, 6) is 2.15. The summed E-state index contributed by atoms with van der Waals surface area (Å²) in [6.07, 6.45) is 1.79. The van der Waals surface area contributed by atoms with E-state index in [0.717, 1.165) is 45.0 Å². The van der Waals surface area contributed by atoms with Crippen LogP contribution in [0, 0.1) is 0 Å². The molecule has 0 aliphatic carbocycles. The molecule has 152 valence electrons. The molecule has 0 fully saturated rings. The number of oxazole rings is 1. The lowest BCUT2D eigenvalue weighted by Gasteiger charge is -2.06. The van der Waals surface area contributed by atoms with Crippen LogP contribution in [-0.2, 0) is 6.61 Å². The van der Waals surface area contributed by atoms with E-state index in [1.165, 1.54) is 0 Å². The molecule has 0 aliphatic heterocycles. The SMILES string of the molecule is COc1ccc(COc2ccc3oc(-c4ccc(-c5ccccn5)cc4)nc3c2)cc1. The van der Waals surface area contributed by atoms with Crippen molar-refractivity contribution in [1.29, 1.82) is 0 Å². The van der Waals surface area contributed by atoms with Crippen molar-refractivity contribution >= 4 is 11.1 Å². The summed E-state index contributed by atoms with van der Waals surface area (Å²) in [6.45, 7) is 0.467. The van der Waals surface area contributed by atoms with Gasteiger partial charge in [0, 0.05) is 23.4 Å². The lowest BCUT2D eigenvalue weighted by molar-refractivity contribution is 0.306. The molecular weight excluding hydrogens is 388 g/mol. The Labute approximate surface area is 179 Å². The average molecular weight is 408 g/mol. The topological polar surface area (TPSA) is 57.4 Å². The lowest BCUT2D eigenvalue weighted by Crippen LogP contribution is -1.95. The first kappa shape index (κ1) is 18.9. The summed E-state index contributed by atoms with van der Waals surface area (Å²) in [4.78, 5) is 9.03. The summed E-state index contributed by atoms with van der Waals surface area (Å²) in [5.41, 5.74) is 5.45. The molecule has 0 amide bonds. The number of rotatable bonds is 6. The molecule has 0 bridgehead atoms. The van der Waals surface area contributed by atoms with Crippen molar-refractivity contribution in [3.05, 3.63) is 96.7 Å². The van der Waals surface area contributed by atoms with Crippen molar-refractivity contribution in [3.8, 4) is 34.2 Å². The van der Waals surface area contributed by atoms with Gasteiger partial charge in [0.15, 0.2) is 5.58 Å². The Morgan fingerprint density at radius 3 is 2.32 bits per heavy atom. The highest BCUT2D eigenvalue weighted by molar-refractivity contribution is 5.78. The van der Waals surface area contributed by atoms with E-state index in [2.05, 4.69) is 9.97 Å². The molecular formula is C26H20N2O3. The van der Waals surface area contributed by atoms with Crippen molar-refractivity contribution in [2.24, 2.45) is 0 Å². The standard InChI is InChI=1S/C26H20N2O3/c1-29-21-11-5-18(6-12-21)17-30-22-13-14-25-24(16-22)28-26(31-25)20-9-7-19(8-10-20)23-4-2-3-15-27-23/h2-16H,17H2,1H3. The van der Waals surface area contributed by atoms with Crippen LogP contribution in [0.3, 0.4) is 0 Å². The third-order valence-electron chi connectivity index (χ3n) is 5.02. The fourth-order valence-electron chi connectivity index (χ4n) is 3.33. The van der Waals surface area contributed by atoms with Gasteiger partial charge in [0.25, 0.3) is 0 Å². The predicted molar refractivity (Wildman–Crippen MR) is 120 cm³/mol. The van der Waals surface area contributed by atoms with Crippen LogP contribution in [0.5, 0.6) is 11.5 Å². The van der Waals surface area contributed by atoms with Crippen LogP contribution in [0.15, 0.2) is 95.5 Å². The van der Waals surface area contributed by atoms with E-state index in [-0.39, 0.29) is 0 Å². The van der Waals surface area contributed by atoms with E-state index in [1.54, 1.807) is 13.3 Å². The minimum atomic E-state index is 0.467. The highest BCUT2D eigenvalue weighted by Gasteiger charge is 2.10. The Kier molecular flexibility index (Phi) is 5.07. The minimum Gasteiger partial charge on any atom is -0.497 e. The van der Waals surface area contributed by atoms with Crippen molar-refractivity contribution in [2.45, 2.75) is 6.61 Å². The van der Waals surface area contributed by atoms with Crippen molar-refractivity contribution in [1.82, 2.24) is 9.97 Å². The highest BCUT2D eigenvalue weighted by Crippen LogP contribution is 2.29. The molecule has 2 heterocycles. The van der Waals surface area contributed by atoms with Gasteiger partial charge in [-0.2, -0.15) is 0 Å². The van der Waals surface area contributed by atoms with Gasteiger partial charge in [0.2, 0.25) is 5.89 Å². The molecule has 0 spiro atoms. The first-order chi connectivity index (χ1) is 15.3. The van der Waals surface area contributed by atoms with E-state index in [4.69, 9.17) is 13.9 Å². The van der Waals surface area contributed by atoms with Gasteiger partial charge in [-0.05, 0) is 54.1 Å². The predicted octanol–water partition coefficient (Wildman–Crippen LogP) is 6.14. The largest absolute Gasteiger partial charge is 0.497 e. The van der Waals surface area contributed by atoms with E-state index in [0.29, 0.717) is 12.5 Å². The van der Waals surface area contributed by atoms with Gasteiger partial charge in [0.1, 0.15) is 23.6 Å². The van der Waals surface area contributed by atoms with E-state index >= 15 is 0 Å². The second-order valence-corrected chi connectivity index (χ2v) is 7.08. The van der Waals surface area contributed by atoms with Crippen LogP contribution < -0.4 is 9.47 Å². The Balaban J connectivity index is 1.33. The second kappa shape index (κ2) is 8.32. The molecule has 0 saturated carbocycles. The van der Waals surface area contributed by atoms with Crippen LogP contribution in [0.4, 0.5) is 0 Å². The first-order valence-corrected chi connectivity index (χ1v) is 9.97. The van der Waals surface area contributed by atoms with E-state index < -0.39 is 0 Å². The van der Waals surface area contributed by atoms with Crippen LogP contribution in [0.2, 0.25) is 0 Å². The van der Waals surface area contributed by atoms with Gasteiger partial charge in [-0.1, -0.05) is 30.3 Å². The van der Waals surface area contributed by atoms with Crippen LogP contribution >= 0.6 is 0 Å². The van der Waals surface area contributed by atoms with Gasteiger partial charge < -0.3 is 13.9 Å². The Hall–Kier alpha value is -4.12. The van der Waals surface area contributed by atoms with E-state index in [1.807, 2.05) is 84.9 Å². The summed E-state index contributed by atoms with van der Waals surface area (Å²) in [7, 11) is 1.65. The van der Waals surface area contributed by atoms with Crippen LogP contribution in [-0.4, -0.2) is 17.1 Å². The zero-order valence-electron chi connectivity index (χ0n) is 17.0. The molecule has 5 aromatic rings. The first-order valence-electron chi connectivity index (χ1n) is 9.97. The zero-order chi connectivity index (χ0) is 21.0. The molecule has 0 aliphatic rings. The molecule has 2 aromatic heterocycles. The van der Waals surface area contributed by atoms with Crippen molar-refractivity contribution in [3.63, 3.8) is 0 Å². The zero-order valence-corrected chi connectivity index (χ0v) is 17.0. The Morgan fingerprint density at radius 2 is 1.58 bits per heavy atom. The smallest absolute Gasteiger partial charge is 0.227 e. The van der Waals surface area contributed by atoms with Crippen molar-refractivity contribution < 1.29 is 13.9 Å². The number of pyridine rings is 1. The fraction of sp³-hybridized carbons (Fsp3) is 0.0769. The van der Waals surface area contributed by atoms with Gasteiger partial charge in [0.05, 0.1) is 12.8 Å². The number of nitrogens with zero attached hydrogens (tertiary/aromatic N) is 2. The molecule has 3 aromatic carbocycles. The molecule has 0 atom stereocenters. The van der Waals surface area contributed by atoms with Gasteiger partial charge >= 0.3 is 0 Å². The molecule has 0 radical (unpaired) electrons. The molecule has 0 unspecified atom stereocenters. The molecule has 5 rings (SSSR count). The van der Waals surface area contributed by atoms with Crippen LogP contribution in [0.1, 0.15) is 5.56 Å². The summed E-state index contributed by atoms with van der Waals surface area (Å²) < 4.78 is 17.1. The van der Waals surface area contributed by atoms with Crippen molar-refractivity contribution in [2.75, 3.05) is 7.11 Å². The summed E-state index contributed by atoms with van der Waals surface area (Å²) in [6, 6.07) is 27.4. The maximum absolute atomic E-state index is 5.95. The van der Waals surface area contributed by atoms with Gasteiger partial charge in [-0.3, -0.25) is 4.98 Å². The Bertz CT molecular complexity index is 1290. The number of hydrogen-bond acceptors (Lipinski definition) is 5. The molecule has 0 saturated heterocycles. The number of fused-ring (bicyclic) bond motifs is 1. The minimum absolute atomic E-state index is 0.467. The summed E-state index contributed by atoms with van der Waals surface area (Å²) in [5, 5.41) is 0. The number of aromatic nitrogens is 2. The maximum atomic E-state index is 5.95. The number of benzene rings is 3. The fourth-order valence-corrected chi connectivity index (χ4v) is 3.33. The van der Waals surface area contributed by atoms with E-state index in [9.17, 15) is 0 Å². The normalized spacial score (nSPS) is 10.9. The quantitative estimate of drug-likeness (QED) is 0.337. The Morgan fingerprint density at radius 1 is 0.806 bits per heavy atom. The van der Waals surface area contributed by atoms with Gasteiger partial charge in [-0.25, -0.2) is 4.98 Å². The van der Waals surface area contributed by atoms with Gasteiger partial charge in [-0.15, -0.1) is 0 Å². The number of methoxy groups -OCH3 is 1. The average Bonchev–Trinajstić information content (AvgIpc) is 3.27. The monoisotopic (exact) mass is 408 g/mol. The number of hydrogen-bond donors (Lipinski definition) is 0. The number of ether oxygens (including phenoxy) is 2. The maximum Gasteiger partial charge on any atom is 0.227 e. The second-order valence-electron chi connectivity index (χ2n) is 7.08. The molecule has 0 N–H and O–H groups in total. The highest BCUT2D eigenvalue weighted by atomic mass is 16.5. The van der Waals surface area contributed by atoms with Crippen LogP contribution in [0.25, 0.3) is 33.8 Å². The third kappa shape index (κ3) is 4.12. The molecule has 31 heavy (non-hydrogen) atoms. The third-order valence-corrected chi connectivity index (χ3v) is 5.02. The molecule has 5 heteroatoms.